The van der Waals surface area contributed by atoms with Crippen LogP contribution in [0.4, 0.5) is 5.13 Å². The number of thiazole rings is 1. The Kier molecular flexibility index (Phi) is 7.65. The number of nitrogens with one attached hydrogen (secondary N) is 2. The number of amides is 1. The van der Waals surface area contributed by atoms with E-state index in [0.717, 1.165) is 5.56 Å². The number of carboxylic acid groups (broad SMARTS) is 2. The van der Waals surface area contributed by atoms with E-state index in [1.54, 1.807) is 5.38 Å². The van der Waals surface area contributed by atoms with Crippen LogP contribution in [-0.4, -0.2) is 45.6 Å². The van der Waals surface area contributed by atoms with Gasteiger partial charge < -0.3 is 20.8 Å². The minimum atomic E-state index is -1.43. The Morgan fingerprint density at radius 1 is 1.11 bits per heavy atom. The summed E-state index contributed by atoms with van der Waals surface area (Å²) in [7, 11) is 0. The van der Waals surface area contributed by atoms with Gasteiger partial charge >= 0.3 is 11.9 Å². The minimum Gasteiger partial charge on any atom is -0.481 e. The molecule has 1 amide bonds. The predicted molar refractivity (Wildman–Crippen MR) is 106 cm³/mol. The highest BCUT2D eigenvalue weighted by molar-refractivity contribution is 7.14. The van der Waals surface area contributed by atoms with Crippen LogP contribution in [0, 0.1) is 11.8 Å². The number of aromatic nitrogens is 1. The predicted octanol–water partition coefficient (Wildman–Crippen LogP) is 2.54. The molecule has 0 fully saturated rings. The molecule has 8 nitrogen and oxygen atoms in total. The Morgan fingerprint density at radius 2 is 1.79 bits per heavy atom. The van der Waals surface area contributed by atoms with E-state index in [0.29, 0.717) is 12.1 Å². The van der Waals surface area contributed by atoms with Gasteiger partial charge in [0.25, 0.3) is 0 Å². The van der Waals surface area contributed by atoms with Crippen LogP contribution >= 0.6 is 11.3 Å². The molecule has 1 aromatic heterocycles. The van der Waals surface area contributed by atoms with Crippen molar-refractivity contribution in [1.82, 2.24) is 10.3 Å². The number of anilines is 1. The number of carbonyl (C=O) groups excluding carboxylic acids is 1. The van der Waals surface area contributed by atoms with Gasteiger partial charge in [-0.25, -0.2) is 4.98 Å². The number of aliphatic carboxylic acids is 2. The normalized spacial score (nSPS) is 13.1. The summed E-state index contributed by atoms with van der Waals surface area (Å²) in [5.74, 6) is -4.48. The molecule has 0 aliphatic heterocycles. The zero-order chi connectivity index (χ0) is 20.7. The van der Waals surface area contributed by atoms with Crippen molar-refractivity contribution < 1.29 is 24.6 Å². The average molecular weight is 405 g/mol. The first-order valence-electron chi connectivity index (χ1n) is 8.78. The molecule has 1 unspecified atom stereocenters. The molecule has 0 spiro atoms. The third kappa shape index (κ3) is 6.14. The molecule has 1 aromatic carbocycles. The number of nitrogens with zero attached hydrogens (tertiary/aromatic N) is 1. The van der Waals surface area contributed by atoms with Crippen LogP contribution in [0.25, 0.3) is 11.3 Å². The summed E-state index contributed by atoms with van der Waals surface area (Å²) in [6.45, 7) is 3.44. The van der Waals surface area contributed by atoms with Crippen molar-refractivity contribution in [2.45, 2.75) is 26.3 Å². The Labute approximate surface area is 166 Å². The topological polar surface area (TPSA) is 129 Å². The molecule has 2 rings (SSSR count). The zero-order valence-corrected chi connectivity index (χ0v) is 16.4. The van der Waals surface area contributed by atoms with E-state index in [2.05, 4.69) is 15.6 Å². The van der Waals surface area contributed by atoms with Crippen LogP contribution in [0.2, 0.25) is 0 Å². The molecule has 0 bridgehead atoms. The Bertz CT molecular complexity index is 822. The van der Waals surface area contributed by atoms with Gasteiger partial charge in [0, 0.05) is 17.5 Å². The lowest BCUT2D eigenvalue weighted by Gasteiger charge is -2.19. The van der Waals surface area contributed by atoms with Crippen molar-refractivity contribution in [3.63, 3.8) is 0 Å². The molecular formula is C19H23N3O5S. The number of hydrogen-bond acceptors (Lipinski definition) is 6. The summed E-state index contributed by atoms with van der Waals surface area (Å²) in [6.07, 6.45) is 0.330. The van der Waals surface area contributed by atoms with E-state index in [4.69, 9.17) is 0 Å². The summed E-state index contributed by atoms with van der Waals surface area (Å²) in [5, 5.41) is 25.8. The van der Waals surface area contributed by atoms with Gasteiger partial charge in [-0.1, -0.05) is 44.2 Å². The van der Waals surface area contributed by atoms with Crippen LogP contribution in [0.3, 0.4) is 0 Å². The molecular weight excluding hydrogens is 382 g/mol. The standard InChI is InChI=1S/C19H23N3O5S/c1-11(2)8-14(18(26)27)20-9-13(17(24)25)16(23)22-19-21-15(10-28-19)12-6-4-3-5-7-12/h3-7,10-11,13-14,20H,8-9H2,1-2H3,(H,24,25)(H,26,27)(H,21,22,23)/t13?,14-/m0/s1. The molecule has 150 valence electrons. The fourth-order valence-corrected chi connectivity index (χ4v) is 3.28. The molecule has 1 heterocycles. The molecule has 2 atom stereocenters. The van der Waals surface area contributed by atoms with Gasteiger partial charge in [0.1, 0.15) is 12.0 Å². The maximum atomic E-state index is 12.4. The lowest BCUT2D eigenvalue weighted by molar-refractivity contribution is -0.146. The van der Waals surface area contributed by atoms with Gasteiger partial charge in [-0.3, -0.25) is 14.4 Å². The number of carbonyl (C=O) groups is 3. The second-order valence-corrected chi connectivity index (χ2v) is 7.57. The van der Waals surface area contributed by atoms with E-state index in [-0.39, 0.29) is 17.6 Å². The molecule has 9 heteroatoms. The Morgan fingerprint density at radius 3 is 2.36 bits per heavy atom. The fourth-order valence-electron chi connectivity index (χ4n) is 2.56. The molecule has 0 aliphatic carbocycles. The van der Waals surface area contributed by atoms with E-state index in [9.17, 15) is 24.6 Å². The molecule has 2 aromatic rings. The lowest BCUT2D eigenvalue weighted by Crippen LogP contribution is -2.45. The molecule has 0 saturated heterocycles. The number of hydrogen-bond donors (Lipinski definition) is 4. The van der Waals surface area contributed by atoms with E-state index in [1.807, 2.05) is 44.2 Å². The van der Waals surface area contributed by atoms with Gasteiger partial charge in [-0.2, -0.15) is 0 Å². The van der Waals surface area contributed by atoms with Crippen molar-refractivity contribution >= 4 is 34.3 Å². The first-order valence-corrected chi connectivity index (χ1v) is 9.66. The SMILES string of the molecule is CC(C)C[C@H](NCC(C(=O)O)C(=O)Nc1nc(-c2ccccc2)cs1)C(=O)O. The smallest absolute Gasteiger partial charge is 0.320 e. The third-order valence-electron chi connectivity index (χ3n) is 3.99. The summed E-state index contributed by atoms with van der Waals surface area (Å²) >= 11 is 1.19. The number of carboxylic acids is 2. The summed E-state index contributed by atoms with van der Waals surface area (Å²) in [5.41, 5.74) is 1.56. The summed E-state index contributed by atoms with van der Waals surface area (Å²) < 4.78 is 0. The monoisotopic (exact) mass is 405 g/mol. The van der Waals surface area contributed by atoms with Gasteiger partial charge in [-0.05, 0) is 12.3 Å². The number of rotatable bonds is 10. The minimum absolute atomic E-state index is 0.109. The maximum Gasteiger partial charge on any atom is 0.320 e. The Hall–Kier alpha value is -2.78. The van der Waals surface area contributed by atoms with Crippen LogP contribution in [0.15, 0.2) is 35.7 Å². The largest absolute Gasteiger partial charge is 0.481 e. The van der Waals surface area contributed by atoms with E-state index >= 15 is 0 Å². The summed E-state index contributed by atoms with van der Waals surface area (Å²) in [6, 6.07) is 8.47. The average Bonchev–Trinajstić information content (AvgIpc) is 3.09. The van der Waals surface area contributed by atoms with Crippen LogP contribution in [-0.2, 0) is 14.4 Å². The van der Waals surface area contributed by atoms with Gasteiger partial charge in [0.05, 0.1) is 5.69 Å². The van der Waals surface area contributed by atoms with Crippen LogP contribution in [0.5, 0.6) is 0 Å². The highest BCUT2D eigenvalue weighted by atomic mass is 32.1. The number of benzene rings is 1. The maximum absolute atomic E-state index is 12.4. The molecule has 0 radical (unpaired) electrons. The van der Waals surface area contributed by atoms with Crippen LogP contribution < -0.4 is 10.6 Å². The van der Waals surface area contributed by atoms with Crippen molar-refractivity contribution in [2.24, 2.45) is 11.8 Å². The lowest BCUT2D eigenvalue weighted by atomic mass is 10.0. The van der Waals surface area contributed by atoms with Crippen LogP contribution in [0.1, 0.15) is 20.3 Å². The molecule has 4 N–H and O–H groups in total. The van der Waals surface area contributed by atoms with Crippen molar-refractivity contribution in [1.29, 1.82) is 0 Å². The van der Waals surface area contributed by atoms with E-state index < -0.39 is 29.8 Å². The van der Waals surface area contributed by atoms with Gasteiger partial charge in [0.15, 0.2) is 5.13 Å². The van der Waals surface area contributed by atoms with E-state index in [1.165, 1.54) is 11.3 Å². The highest BCUT2D eigenvalue weighted by Crippen LogP contribution is 2.24. The molecule has 28 heavy (non-hydrogen) atoms. The summed E-state index contributed by atoms with van der Waals surface area (Å²) in [4.78, 5) is 39.5. The Balaban J connectivity index is 2.02. The van der Waals surface area contributed by atoms with Gasteiger partial charge in [-0.15, -0.1) is 11.3 Å². The van der Waals surface area contributed by atoms with Crippen molar-refractivity contribution in [3.8, 4) is 11.3 Å². The zero-order valence-electron chi connectivity index (χ0n) is 15.6. The van der Waals surface area contributed by atoms with Crippen molar-refractivity contribution in [2.75, 3.05) is 11.9 Å². The quantitative estimate of drug-likeness (QED) is 0.447. The third-order valence-corrected chi connectivity index (χ3v) is 4.75. The molecule has 0 saturated carbocycles. The second-order valence-electron chi connectivity index (χ2n) is 6.71. The second kappa shape index (κ2) is 9.95. The highest BCUT2D eigenvalue weighted by Gasteiger charge is 2.29. The first kappa shape index (κ1) is 21.5. The van der Waals surface area contributed by atoms with Crippen molar-refractivity contribution in [3.05, 3.63) is 35.7 Å². The fraction of sp³-hybridized carbons (Fsp3) is 0.368. The van der Waals surface area contributed by atoms with Gasteiger partial charge in [0.2, 0.25) is 5.91 Å². The molecule has 0 aliphatic rings. The first-order chi connectivity index (χ1) is 13.3.